The molecule has 0 aliphatic heterocycles. The van der Waals surface area contributed by atoms with Gasteiger partial charge < -0.3 is 13.3 Å². The fourth-order valence-corrected chi connectivity index (χ4v) is 14.9. The monoisotopic (exact) mass is 506 g/mol. The molecule has 0 N–H and O–H groups in total. The molecule has 0 rings (SSSR count). The molecular formula is C24H58O3Si4. The van der Waals surface area contributed by atoms with E-state index >= 15 is 0 Å². The topological polar surface area (TPSA) is 27.7 Å². The Bertz CT molecular complexity index is 572. The van der Waals surface area contributed by atoms with Gasteiger partial charge in [0.1, 0.15) is 0 Å². The fraction of sp³-hybridized carbons (Fsp3) is 1.00. The Kier molecular flexibility index (Phi) is 10.4. The van der Waals surface area contributed by atoms with Gasteiger partial charge in [-0.2, -0.15) is 0 Å². The molecule has 3 nitrogen and oxygen atoms in total. The first-order valence-electron chi connectivity index (χ1n) is 12.6. The van der Waals surface area contributed by atoms with Crippen LogP contribution in [0.4, 0.5) is 0 Å². The summed E-state index contributed by atoms with van der Waals surface area (Å²) < 4.78 is 21.2. The van der Waals surface area contributed by atoms with E-state index in [9.17, 15) is 0 Å². The number of hydrogen-bond acceptors (Lipinski definition) is 3. The molecule has 0 saturated carbocycles. The molecule has 0 aromatic rings. The molecule has 0 fully saturated rings. The maximum absolute atomic E-state index is 7.41. The van der Waals surface area contributed by atoms with Crippen LogP contribution in [0.2, 0.25) is 64.0 Å². The Balaban J connectivity index is 6.21. The standard InChI is InChI=1S/C24H58O3Si4/c1-18-23(8,26-30(13,14)15)31(16,17)27-24(19-2,20-3)21(4,5)28(9)25-22(6,7)29(10,11)12/h28H,18-20H2,1-17H3. The van der Waals surface area contributed by atoms with Crippen molar-refractivity contribution in [2.45, 2.75) is 155 Å². The van der Waals surface area contributed by atoms with Gasteiger partial charge in [0.2, 0.25) is 8.32 Å². The SMILES string of the molecule is CCC(CC)(O[Si](C)(C)C(C)(CC)O[Si](C)(C)C)C(C)(C)[SiH](C)OC(C)(C)[Si](C)(C)C. The van der Waals surface area contributed by atoms with E-state index in [-0.39, 0.29) is 21.1 Å². The summed E-state index contributed by atoms with van der Waals surface area (Å²) in [4.78, 5) is 0. The lowest BCUT2D eigenvalue weighted by molar-refractivity contribution is -0.0178. The molecule has 0 aliphatic carbocycles. The Morgan fingerprint density at radius 1 is 0.677 bits per heavy atom. The van der Waals surface area contributed by atoms with Gasteiger partial charge in [-0.25, -0.2) is 0 Å². The molecule has 188 valence electrons. The second kappa shape index (κ2) is 10.2. The maximum atomic E-state index is 7.41. The van der Waals surface area contributed by atoms with E-state index in [4.69, 9.17) is 13.3 Å². The van der Waals surface area contributed by atoms with Crippen LogP contribution in [0.15, 0.2) is 0 Å². The minimum absolute atomic E-state index is 0.00546. The van der Waals surface area contributed by atoms with Crippen LogP contribution in [-0.4, -0.2) is 49.8 Å². The summed E-state index contributed by atoms with van der Waals surface area (Å²) >= 11 is 0. The van der Waals surface area contributed by atoms with Crippen LogP contribution in [0.3, 0.4) is 0 Å². The molecule has 0 bridgehead atoms. The maximum Gasteiger partial charge on any atom is 0.217 e. The molecule has 0 radical (unpaired) electrons. The zero-order valence-corrected chi connectivity index (χ0v) is 28.6. The Labute approximate surface area is 201 Å². The van der Waals surface area contributed by atoms with Gasteiger partial charge in [0.25, 0.3) is 0 Å². The van der Waals surface area contributed by atoms with E-state index in [1.54, 1.807) is 0 Å². The second-order valence-corrected chi connectivity index (χ2v) is 30.7. The summed E-state index contributed by atoms with van der Waals surface area (Å²) in [5.41, 5.74) is -0.191. The second-order valence-electron chi connectivity index (χ2n) is 13.4. The molecule has 0 aromatic carbocycles. The largest absolute Gasteiger partial charge is 0.418 e. The van der Waals surface area contributed by atoms with Crippen LogP contribution in [-0.2, 0) is 13.3 Å². The number of rotatable bonds is 13. The lowest BCUT2D eigenvalue weighted by Gasteiger charge is -2.56. The summed E-state index contributed by atoms with van der Waals surface area (Å²) in [6.45, 7) is 40.0. The van der Waals surface area contributed by atoms with Crippen LogP contribution >= 0.6 is 0 Å². The predicted octanol–water partition coefficient (Wildman–Crippen LogP) is 8.13. The van der Waals surface area contributed by atoms with Crippen LogP contribution < -0.4 is 0 Å². The predicted molar refractivity (Wildman–Crippen MR) is 151 cm³/mol. The van der Waals surface area contributed by atoms with Crippen molar-refractivity contribution in [1.82, 2.24) is 0 Å². The lowest BCUT2D eigenvalue weighted by atomic mass is 9.84. The molecule has 0 amide bonds. The first-order valence-corrected chi connectivity index (χ1v) is 24.6. The zero-order valence-electron chi connectivity index (χ0n) is 24.4. The van der Waals surface area contributed by atoms with E-state index in [0.717, 1.165) is 19.3 Å². The van der Waals surface area contributed by atoms with Gasteiger partial charge in [-0.3, -0.25) is 0 Å². The van der Waals surface area contributed by atoms with Gasteiger partial charge in [-0.05, 0) is 79.3 Å². The molecule has 7 heteroatoms. The van der Waals surface area contributed by atoms with Crippen LogP contribution in [0.1, 0.15) is 74.7 Å². The quantitative estimate of drug-likeness (QED) is 0.236. The van der Waals surface area contributed by atoms with Crippen molar-refractivity contribution in [3.63, 3.8) is 0 Å². The first-order chi connectivity index (χ1) is 13.5. The minimum atomic E-state index is -2.21. The molecule has 0 saturated heterocycles. The van der Waals surface area contributed by atoms with E-state index in [1.165, 1.54) is 0 Å². The minimum Gasteiger partial charge on any atom is -0.418 e. The molecule has 2 atom stereocenters. The normalized spacial score (nSPS) is 18.1. The van der Waals surface area contributed by atoms with Crippen molar-refractivity contribution >= 4 is 33.7 Å². The van der Waals surface area contributed by atoms with Crippen molar-refractivity contribution in [3.05, 3.63) is 0 Å². The molecular weight excluding hydrogens is 449 g/mol. The van der Waals surface area contributed by atoms with Gasteiger partial charge in [0.05, 0.1) is 18.9 Å². The van der Waals surface area contributed by atoms with Gasteiger partial charge in [0, 0.05) is 10.3 Å². The highest BCUT2D eigenvalue weighted by Gasteiger charge is 2.56. The number of hydrogen-bond donors (Lipinski definition) is 0. The Morgan fingerprint density at radius 2 is 1.10 bits per heavy atom. The van der Waals surface area contributed by atoms with Crippen LogP contribution in [0, 0.1) is 0 Å². The van der Waals surface area contributed by atoms with Gasteiger partial charge >= 0.3 is 0 Å². The summed E-state index contributed by atoms with van der Waals surface area (Å²) in [6.07, 6.45) is 3.01. The van der Waals surface area contributed by atoms with Gasteiger partial charge in [-0.15, -0.1) is 0 Å². The molecule has 0 aliphatic rings. The molecule has 2 unspecified atom stereocenters. The highest BCUT2D eigenvalue weighted by Crippen LogP contribution is 2.52. The van der Waals surface area contributed by atoms with Crippen LogP contribution in [0.25, 0.3) is 0 Å². The third-order valence-electron chi connectivity index (χ3n) is 8.54. The van der Waals surface area contributed by atoms with Gasteiger partial charge in [0.15, 0.2) is 17.4 Å². The first kappa shape index (κ1) is 31.7. The van der Waals surface area contributed by atoms with E-state index < -0.39 is 33.7 Å². The smallest absolute Gasteiger partial charge is 0.217 e. The average molecular weight is 507 g/mol. The zero-order chi connectivity index (χ0) is 25.3. The van der Waals surface area contributed by atoms with Crippen molar-refractivity contribution in [1.29, 1.82) is 0 Å². The molecule has 31 heavy (non-hydrogen) atoms. The summed E-state index contributed by atoms with van der Waals surface area (Å²) in [6, 6.07) is 0. The molecule has 0 aromatic heterocycles. The van der Waals surface area contributed by atoms with Crippen molar-refractivity contribution in [3.8, 4) is 0 Å². The van der Waals surface area contributed by atoms with Crippen molar-refractivity contribution < 1.29 is 13.3 Å². The molecule has 0 heterocycles. The average Bonchev–Trinajstić information content (AvgIpc) is 2.56. The van der Waals surface area contributed by atoms with Gasteiger partial charge in [-0.1, -0.05) is 54.3 Å². The third-order valence-corrected chi connectivity index (χ3v) is 21.2. The summed E-state index contributed by atoms with van der Waals surface area (Å²) in [5.74, 6) is 0. The molecule has 0 spiro atoms. The fourth-order valence-electron chi connectivity index (χ4n) is 4.47. The van der Waals surface area contributed by atoms with E-state index in [2.05, 4.69) is 114 Å². The van der Waals surface area contributed by atoms with Crippen molar-refractivity contribution in [2.24, 2.45) is 0 Å². The summed E-state index contributed by atoms with van der Waals surface area (Å²) in [7, 11) is -6.95. The van der Waals surface area contributed by atoms with E-state index in [1.807, 2.05) is 0 Å². The van der Waals surface area contributed by atoms with E-state index in [0.29, 0.717) is 0 Å². The van der Waals surface area contributed by atoms with Crippen LogP contribution in [0.5, 0.6) is 0 Å². The Hall–Kier alpha value is 0.748. The highest BCUT2D eigenvalue weighted by atomic mass is 28.4. The Morgan fingerprint density at radius 3 is 1.39 bits per heavy atom. The van der Waals surface area contributed by atoms with Crippen molar-refractivity contribution in [2.75, 3.05) is 0 Å². The summed E-state index contributed by atoms with van der Waals surface area (Å²) in [5, 5.41) is -0.215. The lowest BCUT2D eigenvalue weighted by Crippen LogP contribution is -2.65. The third kappa shape index (κ3) is 7.12. The highest BCUT2D eigenvalue weighted by molar-refractivity contribution is 6.79.